The number of halogens is 1. The lowest BCUT2D eigenvalue weighted by Crippen LogP contribution is -2.24. The number of alkyl halides is 1. The van der Waals surface area contributed by atoms with Gasteiger partial charge in [-0.15, -0.1) is 0 Å². The van der Waals surface area contributed by atoms with E-state index in [1.807, 2.05) is 0 Å². The second-order valence-corrected chi connectivity index (χ2v) is 3.11. The Bertz CT molecular complexity index is 283. The maximum absolute atomic E-state index is 12.5. The van der Waals surface area contributed by atoms with Crippen molar-refractivity contribution in [1.82, 2.24) is 9.97 Å². The van der Waals surface area contributed by atoms with E-state index in [1.54, 1.807) is 12.3 Å². The molecule has 0 bridgehead atoms. The molecule has 0 unspecified atom stereocenters. The van der Waals surface area contributed by atoms with E-state index >= 15 is 0 Å². The minimum absolute atomic E-state index is 0.184. The first-order valence-electron chi connectivity index (χ1n) is 3.98. The van der Waals surface area contributed by atoms with Gasteiger partial charge in [0.15, 0.2) is 0 Å². The molecular weight excluding hydrogens is 157 g/mol. The number of nitrogen functional groups attached to an aromatic ring is 1. The van der Waals surface area contributed by atoms with E-state index in [1.165, 1.54) is 0 Å². The third kappa shape index (κ3) is 1.24. The number of rotatable bonds is 1. The molecule has 0 spiro atoms. The lowest BCUT2D eigenvalue weighted by atomic mass is 9.83. The number of nitrogens with two attached hydrogens (primary N) is 1. The van der Waals surface area contributed by atoms with Gasteiger partial charge >= 0.3 is 0 Å². The third-order valence-electron chi connectivity index (χ3n) is 2.14. The van der Waals surface area contributed by atoms with Gasteiger partial charge in [0.05, 0.1) is 0 Å². The molecule has 1 aliphatic rings. The van der Waals surface area contributed by atoms with Crippen LogP contribution in [0, 0.1) is 0 Å². The molecule has 2 rings (SSSR count). The van der Waals surface area contributed by atoms with E-state index in [2.05, 4.69) is 9.97 Å². The zero-order valence-electron chi connectivity index (χ0n) is 6.57. The molecule has 1 aromatic heterocycles. The van der Waals surface area contributed by atoms with Crippen LogP contribution in [0.2, 0.25) is 0 Å². The van der Waals surface area contributed by atoms with Gasteiger partial charge in [0, 0.05) is 12.1 Å². The average molecular weight is 167 g/mol. The van der Waals surface area contributed by atoms with Crippen LogP contribution in [0.25, 0.3) is 0 Å². The van der Waals surface area contributed by atoms with E-state index in [0.717, 1.165) is 0 Å². The molecule has 1 saturated carbocycles. The summed E-state index contributed by atoms with van der Waals surface area (Å²) < 4.78 is 12.5. The Morgan fingerprint density at radius 1 is 1.50 bits per heavy atom. The van der Waals surface area contributed by atoms with Gasteiger partial charge < -0.3 is 5.73 Å². The predicted molar refractivity (Wildman–Crippen MR) is 43.3 cm³/mol. The van der Waals surface area contributed by atoms with Crippen LogP contribution in [0.5, 0.6) is 0 Å². The normalized spacial score (nSPS) is 28.1. The van der Waals surface area contributed by atoms with Crippen molar-refractivity contribution in [3.8, 4) is 0 Å². The summed E-state index contributed by atoms with van der Waals surface area (Å²) in [7, 11) is 0. The minimum Gasteiger partial charge on any atom is -0.384 e. The molecule has 2 N–H and O–H groups in total. The molecule has 0 aromatic carbocycles. The number of hydrogen-bond donors (Lipinski definition) is 1. The van der Waals surface area contributed by atoms with Crippen LogP contribution in [0.3, 0.4) is 0 Å². The third-order valence-corrected chi connectivity index (χ3v) is 2.14. The van der Waals surface area contributed by atoms with Crippen molar-refractivity contribution in [2.45, 2.75) is 24.9 Å². The molecule has 4 heteroatoms. The SMILES string of the molecule is Nc1ccnc(C2CC(F)C2)n1. The maximum atomic E-state index is 12.5. The summed E-state index contributed by atoms with van der Waals surface area (Å²) in [5.74, 6) is 1.33. The lowest BCUT2D eigenvalue weighted by Gasteiger charge is -2.27. The second-order valence-electron chi connectivity index (χ2n) is 3.11. The van der Waals surface area contributed by atoms with Crippen LogP contribution < -0.4 is 5.73 Å². The monoisotopic (exact) mass is 167 g/mol. The summed E-state index contributed by atoms with van der Waals surface area (Å²) in [6.07, 6.45) is 2.04. The summed E-state index contributed by atoms with van der Waals surface area (Å²) in [5, 5.41) is 0. The highest BCUT2D eigenvalue weighted by Crippen LogP contribution is 2.36. The molecule has 0 saturated heterocycles. The lowest BCUT2D eigenvalue weighted by molar-refractivity contribution is 0.174. The van der Waals surface area contributed by atoms with Crippen LogP contribution >= 0.6 is 0 Å². The molecule has 64 valence electrons. The largest absolute Gasteiger partial charge is 0.384 e. The fourth-order valence-electron chi connectivity index (χ4n) is 1.34. The van der Waals surface area contributed by atoms with Crippen molar-refractivity contribution < 1.29 is 4.39 Å². The molecule has 1 fully saturated rings. The van der Waals surface area contributed by atoms with Crippen LogP contribution in [-0.4, -0.2) is 16.1 Å². The van der Waals surface area contributed by atoms with Gasteiger partial charge in [0.25, 0.3) is 0 Å². The molecule has 3 nitrogen and oxygen atoms in total. The van der Waals surface area contributed by atoms with Crippen LogP contribution in [0.15, 0.2) is 12.3 Å². The van der Waals surface area contributed by atoms with E-state index in [9.17, 15) is 4.39 Å². The van der Waals surface area contributed by atoms with Gasteiger partial charge in [0.2, 0.25) is 0 Å². The minimum atomic E-state index is -0.667. The number of anilines is 1. The van der Waals surface area contributed by atoms with Gasteiger partial charge in [0.1, 0.15) is 17.8 Å². The van der Waals surface area contributed by atoms with Crippen molar-refractivity contribution in [1.29, 1.82) is 0 Å². The molecule has 1 aromatic rings. The number of nitrogens with zero attached hydrogens (tertiary/aromatic N) is 2. The van der Waals surface area contributed by atoms with Crippen molar-refractivity contribution in [2.24, 2.45) is 0 Å². The standard InChI is InChI=1S/C8H10FN3/c9-6-3-5(4-6)8-11-2-1-7(10)12-8/h1-2,5-6H,3-4H2,(H2,10,11,12). The molecular formula is C8H10FN3. The Hall–Kier alpha value is -1.19. The zero-order valence-corrected chi connectivity index (χ0v) is 6.57. The Morgan fingerprint density at radius 2 is 2.25 bits per heavy atom. The Morgan fingerprint density at radius 3 is 2.83 bits per heavy atom. The van der Waals surface area contributed by atoms with Gasteiger partial charge in [-0.2, -0.15) is 0 Å². The topological polar surface area (TPSA) is 51.8 Å². The molecule has 0 amide bonds. The van der Waals surface area contributed by atoms with E-state index in [0.29, 0.717) is 24.5 Å². The Balaban J connectivity index is 2.13. The van der Waals surface area contributed by atoms with Crippen molar-refractivity contribution in [3.63, 3.8) is 0 Å². The quantitative estimate of drug-likeness (QED) is 0.685. The highest BCUT2D eigenvalue weighted by molar-refractivity contribution is 5.26. The summed E-state index contributed by atoms with van der Waals surface area (Å²) in [6.45, 7) is 0. The smallest absolute Gasteiger partial charge is 0.133 e. The first-order chi connectivity index (χ1) is 5.75. The first-order valence-corrected chi connectivity index (χ1v) is 3.98. The highest BCUT2D eigenvalue weighted by Gasteiger charge is 2.32. The predicted octanol–water partition coefficient (Wildman–Crippen LogP) is 1.27. The summed E-state index contributed by atoms with van der Waals surface area (Å²) in [6, 6.07) is 1.63. The number of hydrogen-bond acceptors (Lipinski definition) is 3. The van der Waals surface area contributed by atoms with Crippen LogP contribution in [0.1, 0.15) is 24.6 Å². The van der Waals surface area contributed by atoms with Gasteiger partial charge in [-0.05, 0) is 18.9 Å². The second kappa shape index (κ2) is 2.69. The first kappa shape index (κ1) is 7.46. The van der Waals surface area contributed by atoms with Crippen LogP contribution in [-0.2, 0) is 0 Å². The van der Waals surface area contributed by atoms with Crippen molar-refractivity contribution >= 4 is 5.82 Å². The summed E-state index contributed by atoms with van der Waals surface area (Å²) in [5.41, 5.74) is 5.46. The fraction of sp³-hybridized carbons (Fsp3) is 0.500. The zero-order chi connectivity index (χ0) is 8.55. The number of aromatic nitrogens is 2. The van der Waals surface area contributed by atoms with Gasteiger partial charge in [-0.1, -0.05) is 0 Å². The van der Waals surface area contributed by atoms with Crippen molar-refractivity contribution in [3.05, 3.63) is 18.1 Å². The molecule has 1 heterocycles. The van der Waals surface area contributed by atoms with E-state index in [4.69, 9.17) is 5.73 Å². The van der Waals surface area contributed by atoms with E-state index < -0.39 is 6.17 Å². The fourth-order valence-corrected chi connectivity index (χ4v) is 1.34. The highest BCUT2D eigenvalue weighted by atomic mass is 19.1. The molecule has 0 aliphatic heterocycles. The van der Waals surface area contributed by atoms with Crippen molar-refractivity contribution in [2.75, 3.05) is 5.73 Å². The molecule has 1 aliphatic carbocycles. The molecule has 0 atom stereocenters. The maximum Gasteiger partial charge on any atom is 0.133 e. The Kier molecular flexibility index (Phi) is 1.67. The average Bonchev–Trinajstić information content (AvgIpc) is 1.99. The van der Waals surface area contributed by atoms with Gasteiger partial charge in [-0.25, -0.2) is 14.4 Å². The summed E-state index contributed by atoms with van der Waals surface area (Å²) >= 11 is 0. The van der Waals surface area contributed by atoms with E-state index in [-0.39, 0.29) is 5.92 Å². The Labute approximate surface area is 69.8 Å². The molecule has 0 radical (unpaired) electrons. The van der Waals surface area contributed by atoms with Crippen LogP contribution in [0.4, 0.5) is 10.2 Å². The summed E-state index contributed by atoms with van der Waals surface area (Å²) in [4.78, 5) is 8.07. The molecule has 12 heavy (non-hydrogen) atoms. The van der Waals surface area contributed by atoms with Gasteiger partial charge in [-0.3, -0.25) is 0 Å².